The Morgan fingerprint density at radius 1 is 1.22 bits per heavy atom. The van der Waals surface area contributed by atoms with Gasteiger partial charge < -0.3 is 5.32 Å². The second-order valence-corrected chi connectivity index (χ2v) is 6.77. The Balaban J connectivity index is 2.41. The van der Waals surface area contributed by atoms with E-state index >= 15 is 0 Å². The highest BCUT2D eigenvalue weighted by Gasteiger charge is 2.21. The molecule has 0 bridgehead atoms. The zero-order valence-electron chi connectivity index (χ0n) is 12.3. The van der Waals surface area contributed by atoms with Crippen LogP contribution in [0.15, 0.2) is 0 Å². The van der Waals surface area contributed by atoms with Crippen molar-refractivity contribution in [2.24, 2.45) is 5.41 Å². The molecule has 1 N–H and O–H groups in total. The summed E-state index contributed by atoms with van der Waals surface area (Å²) in [6.07, 6.45) is 2.01. The molecule has 0 aliphatic carbocycles. The van der Waals surface area contributed by atoms with Crippen LogP contribution in [0.4, 0.5) is 0 Å². The van der Waals surface area contributed by atoms with Crippen LogP contribution in [0.25, 0.3) is 0 Å². The molecule has 0 fully saturated rings. The van der Waals surface area contributed by atoms with Gasteiger partial charge in [-0.3, -0.25) is 0 Å². The predicted molar refractivity (Wildman–Crippen MR) is 74.7 cm³/mol. The van der Waals surface area contributed by atoms with Gasteiger partial charge in [0.1, 0.15) is 5.82 Å². The first-order valence-electron chi connectivity index (χ1n) is 6.96. The van der Waals surface area contributed by atoms with Gasteiger partial charge in [-0.2, -0.15) is 0 Å². The molecule has 0 saturated carbocycles. The van der Waals surface area contributed by atoms with Crippen molar-refractivity contribution in [1.29, 1.82) is 0 Å². The first-order chi connectivity index (χ1) is 8.37. The lowest BCUT2D eigenvalue weighted by Crippen LogP contribution is -2.28. The minimum atomic E-state index is 0.241. The lowest BCUT2D eigenvalue weighted by Gasteiger charge is -2.24. The van der Waals surface area contributed by atoms with Crippen molar-refractivity contribution in [2.75, 3.05) is 6.54 Å². The fraction of sp³-hybridized carbons (Fsp3) is 0.733. The summed E-state index contributed by atoms with van der Waals surface area (Å²) in [7, 11) is 0. The van der Waals surface area contributed by atoms with Crippen molar-refractivity contribution in [3.63, 3.8) is 0 Å². The molecule has 2 rings (SSSR count). The number of aromatic nitrogens is 2. The van der Waals surface area contributed by atoms with Crippen LogP contribution in [0.2, 0.25) is 0 Å². The average molecular weight is 247 g/mol. The minimum Gasteiger partial charge on any atom is -0.311 e. The summed E-state index contributed by atoms with van der Waals surface area (Å²) in [6, 6.07) is 0. The van der Waals surface area contributed by atoms with E-state index in [1.165, 1.54) is 17.0 Å². The molecule has 0 radical (unpaired) electrons. The van der Waals surface area contributed by atoms with E-state index in [-0.39, 0.29) is 5.41 Å². The van der Waals surface area contributed by atoms with Crippen molar-refractivity contribution >= 4 is 0 Å². The van der Waals surface area contributed by atoms with Gasteiger partial charge in [0.05, 0.1) is 11.4 Å². The maximum Gasteiger partial charge on any atom is 0.129 e. The number of hydrogen-bond donors (Lipinski definition) is 1. The number of fused-ring (bicyclic) bond motifs is 1. The Morgan fingerprint density at radius 3 is 2.56 bits per heavy atom. The predicted octanol–water partition coefficient (Wildman–Crippen LogP) is 2.83. The van der Waals surface area contributed by atoms with Crippen LogP contribution < -0.4 is 5.32 Å². The average Bonchev–Trinajstić information content (AvgIpc) is 2.25. The third kappa shape index (κ3) is 3.08. The molecule has 0 saturated heterocycles. The Bertz CT molecular complexity index is 430. The highest BCUT2D eigenvalue weighted by Crippen LogP contribution is 2.25. The van der Waals surface area contributed by atoms with Crippen LogP contribution in [-0.4, -0.2) is 16.5 Å². The fourth-order valence-corrected chi connectivity index (χ4v) is 2.47. The van der Waals surface area contributed by atoms with Crippen molar-refractivity contribution < 1.29 is 0 Å². The van der Waals surface area contributed by atoms with Gasteiger partial charge >= 0.3 is 0 Å². The van der Waals surface area contributed by atoms with Gasteiger partial charge in [0.25, 0.3) is 0 Å². The molecule has 2 heterocycles. The maximum absolute atomic E-state index is 4.83. The summed E-state index contributed by atoms with van der Waals surface area (Å²) in [5.41, 5.74) is 4.12. The molecule has 1 aliphatic heterocycles. The van der Waals surface area contributed by atoms with Crippen molar-refractivity contribution in [3.05, 3.63) is 22.8 Å². The molecule has 3 heteroatoms. The highest BCUT2D eigenvalue weighted by atomic mass is 15.0. The number of rotatable bonds is 2. The van der Waals surface area contributed by atoms with E-state index in [0.717, 1.165) is 31.8 Å². The molecule has 18 heavy (non-hydrogen) atoms. The summed E-state index contributed by atoms with van der Waals surface area (Å²) < 4.78 is 0. The zero-order chi connectivity index (χ0) is 13.3. The lowest BCUT2D eigenvalue weighted by atomic mass is 9.91. The summed E-state index contributed by atoms with van der Waals surface area (Å²) in [4.78, 5) is 9.60. The molecule has 100 valence electrons. The van der Waals surface area contributed by atoms with Crippen LogP contribution >= 0.6 is 0 Å². The third-order valence-electron chi connectivity index (χ3n) is 3.25. The molecule has 1 aromatic heterocycles. The molecule has 1 aliphatic rings. The topological polar surface area (TPSA) is 37.8 Å². The summed E-state index contributed by atoms with van der Waals surface area (Å²) in [5, 5.41) is 3.41. The molecular formula is C15H25N3. The van der Waals surface area contributed by atoms with Gasteiger partial charge in [0, 0.05) is 13.0 Å². The Morgan fingerprint density at radius 2 is 1.94 bits per heavy atom. The van der Waals surface area contributed by atoms with Gasteiger partial charge in [-0.1, -0.05) is 34.6 Å². The molecule has 0 aromatic carbocycles. The van der Waals surface area contributed by atoms with Gasteiger partial charge in [-0.25, -0.2) is 9.97 Å². The molecule has 0 amide bonds. The Hall–Kier alpha value is -0.960. The van der Waals surface area contributed by atoms with Gasteiger partial charge in [0.2, 0.25) is 0 Å². The lowest BCUT2D eigenvalue weighted by molar-refractivity contribution is 0.397. The molecule has 0 atom stereocenters. The molecule has 1 aromatic rings. The second kappa shape index (κ2) is 4.96. The molecule has 3 nitrogen and oxygen atoms in total. The van der Waals surface area contributed by atoms with Crippen molar-refractivity contribution in [3.8, 4) is 0 Å². The van der Waals surface area contributed by atoms with Crippen LogP contribution in [0.1, 0.15) is 63.3 Å². The first-order valence-corrected chi connectivity index (χ1v) is 6.96. The molecule has 0 spiro atoms. The van der Waals surface area contributed by atoms with E-state index in [1.54, 1.807) is 0 Å². The van der Waals surface area contributed by atoms with Crippen molar-refractivity contribution in [1.82, 2.24) is 15.3 Å². The van der Waals surface area contributed by atoms with E-state index in [9.17, 15) is 0 Å². The highest BCUT2D eigenvalue weighted by molar-refractivity contribution is 5.30. The van der Waals surface area contributed by atoms with Crippen LogP contribution in [-0.2, 0) is 19.4 Å². The smallest absolute Gasteiger partial charge is 0.129 e. The zero-order valence-corrected chi connectivity index (χ0v) is 12.3. The summed E-state index contributed by atoms with van der Waals surface area (Å²) in [5.74, 6) is 1.49. The SMILES string of the molecule is CC(C)c1nc(CC(C)(C)C)nc2c1CCNC2. The summed E-state index contributed by atoms with van der Waals surface area (Å²) in [6.45, 7) is 13.1. The van der Waals surface area contributed by atoms with E-state index in [4.69, 9.17) is 9.97 Å². The Kier molecular flexibility index (Phi) is 3.71. The minimum absolute atomic E-state index is 0.241. The summed E-state index contributed by atoms with van der Waals surface area (Å²) >= 11 is 0. The number of hydrogen-bond acceptors (Lipinski definition) is 3. The van der Waals surface area contributed by atoms with Crippen molar-refractivity contribution in [2.45, 2.75) is 59.9 Å². The van der Waals surface area contributed by atoms with Gasteiger partial charge in [-0.15, -0.1) is 0 Å². The second-order valence-electron chi connectivity index (χ2n) is 6.77. The van der Waals surface area contributed by atoms with Gasteiger partial charge in [0.15, 0.2) is 0 Å². The first kappa shape index (κ1) is 13.5. The third-order valence-corrected chi connectivity index (χ3v) is 3.25. The van der Waals surface area contributed by atoms with Crippen LogP contribution in [0.5, 0.6) is 0 Å². The maximum atomic E-state index is 4.83. The standard InChI is InChI=1S/C15H25N3/c1-10(2)14-11-6-7-16-9-12(11)17-13(18-14)8-15(3,4)5/h10,16H,6-9H2,1-5H3. The van der Waals surface area contributed by atoms with Crippen LogP contribution in [0.3, 0.4) is 0 Å². The molecular weight excluding hydrogens is 222 g/mol. The normalized spacial score (nSPS) is 15.9. The van der Waals surface area contributed by atoms with E-state index < -0.39 is 0 Å². The number of nitrogens with zero attached hydrogens (tertiary/aromatic N) is 2. The molecule has 0 unspecified atom stereocenters. The monoisotopic (exact) mass is 247 g/mol. The Labute approximate surface area is 110 Å². The van der Waals surface area contributed by atoms with E-state index in [0.29, 0.717) is 5.92 Å². The largest absolute Gasteiger partial charge is 0.311 e. The quantitative estimate of drug-likeness (QED) is 0.873. The van der Waals surface area contributed by atoms with Crippen LogP contribution in [0, 0.1) is 5.41 Å². The van der Waals surface area contributed by atoms with E-state index in [1.807, 2.05) is 0 Å². The fourth-order valence-electron chi connectivity index (χ4n) is 2.47. The number of nitrogens with one attached hydrogen (secondary N) is 1. The van der Waals surface area contributed by atoms with E-state index in [2.05, 4.69) is 39.9 Å². The van der Waals surface area contributed by atoms with Gasteiger partial charge in [-0.05, 0) is 29.9 Å².